The lowest BCUT2D eigenvalue weighted by Gasteiger charge is -2.73. The van der Waals surface area contributed by atoms with Crippen molar-refractivity contribution in [2.75, 3.05) is 37.7 Å². The second-order valence-electron chi connectivity index (χ2n) is 23.2. The van der Waals surface area contributed by atoms with Crippen LogP contribution in [0.4, 0.5) is 4.79 Å². The predicted molar refractivity (Wildman–Crippen MR) is 234 cm³/mol. The summed E-state index contributed by atoms with van der Waals surface area (Å²) in [6.07, 6.45) is 10.5. The van der Waals surface area contributed by atoms with E-state index in [1.54, 1.807) is 0 Å². The molecule has 7 fully saturated rings. The minimum absolute atomic E-state index is 0.0555. The number of allylic oxidation sites excluding steroid dienone is 1. The van der Waals surface area contributed by atoms with E-state index in [0.29, 0.717) is 62.2 Å². The van der Waals surface area contributed by atoms with E-state index in [1.807, 2.05) is 27.7 Å². The Morgan fingerprint density at radius 2 is 1.50 bits per heavy atom. The molecule has 12 heteroatoms. The van der Waals surface area contributed by atoms with Gasteiger partial charge < -0.3 is 25.2 Å². The van der Waals surface area contributed by atoms with Crippen LogP contribution in [0.25, 0.3) is 0 Å². The number of hydrogen-bond acceptors (Lipinski definition) is 9. The molecular formula is C48H79N3O8S. The number of hydrogen-bond donors (Lipinski definition) is 3. The van der Waals surface area contributed by atoms with Crippen LogP contribution < -0.4 is 10.6 Å². The van der Waals surface area contributed by atoms with E-state index in [9.17, 15) is 27.9 Å². The molecule has 60 heavy (non-hydrogen) atoms. The average molecular weight is 858 g/mol. The Hall–Kier alpha value is -2.18. The van der Waals surface area contributed by atoms with Gasteiger partial charge in [0, 0.05) is 43.2 Å². The molecule has 1 saturated heterocycles. The minimum atomic E-state index is -3.06. The molecule has 11 nitrogen and oxygen atoms in total. The van der Waals surface area contributed by atoms with E-state index in [0.717, 1.165) is 51.4 Å². The van der Waals surface area contributed by atoms with Gasteiger partial charge in [0.25, 0.3) is 0 Å². The first-order valence-electron chi connectivity index (χ1n) is 23.6. The molecule has 7 rings (SSSR count). The lowest BCUT2D eigenvalue weighted by molar-refractivity contribution is -0.248. The van der Waals surface area contributed by atoms with Crippen LogP contribution >= 0.6 is 0 Å². The highest BCUT2D eigenvalue weighted by Crippen LogP contribution is 2.76. The molecule has 6 aliphatic carbocycles. The molecule has 340 valence electrons. The summed E-state index contributed by atoms with van der Waals surface area (Å²) >= 11 is 0. The number of fused-ring (bicyclic) bond motifs is 7. The van der Waals surface area contributed by atoms with Gasteiger partial charge >= 0.3 is 18.0 Å². The average Bonchev–Trinajstić information content (AvgIpc) is 3.53. The Balaban J connectivity index is 1.10. The Kier molecular flexibility index (Phi) is 12.1. The van der Waals surface area contributed by atoms with E-state index in [4.69, 9.17) is 9.47 Å². The number of alkyl carbamates (subject to hydrolysis) is 1. The van der Waals surface area contributed by atoms with E-state index in [1.165, 1.54) is 18.4 Å². The molecule has 7 aliphatic rings. The SMILES string of the molecule is C=C(C)[C@@H]1CC[C@]2(NCC(CNC(=O)OC(C)C)N3CCS(=O)(=O)CC3)CC[C@]3(C)[C@H](CC[C@@H]4[C@@]5(C)CC[C@H](OC(=O)[C@H]6C[C@@H](C(=O)O)C6(C)C)C(C)(C)[C@@H]5CC[C@]43C)[C@@H]12. The summed E-state index contributed by atoms with van der Waals surface area (Å²) < 4.78 is 36.8. The lowest BCUT2D eigenvalue weighted by Crippen LogP contribution is -2.69. The summed E-state index contributed by atoms with van der Waals surface area (Å²) in [7, 11) is -3.06. The maximum absolute atomic E-state index is 13.7. The van der Waals surface area contributed by atoms with Crippen molar-refractivity contribution in [3.63, 3.8) is 0 Å². The Morgan fingerprint density at radius 1 is 0.817 bits per heavy atom. The number of nitrogens with zero attached hydrogens (tertiary/aromatic N) is 1. The number of carbonyl (C=O) groups excluding carboxylic acids is 2. The number of carbonyl (C=O) groups is 3. The second-order valence-corrected chi connectivity index (χ2v) is 25.5. The highest BCUT2D eigenvalue weighted by Gasteiger charge is 2.71. The lowest BCUT2D eigenvalue weighted by atomic mass is 9.32. The Morgan fingerprint density at radius 3 is 2.12 bits per heavy atom. The number of rotatable bonds is 11. The highest BCUT2D eigenvalue weighted by atomic mass is 32.2. The van der Waals surface area contributed by atoms with Crippen LogP contribution in [0.15, 0.2) is 12.2 Å². The standard InChI is InChI=1S/C48H79N3O8S/c1-29(2)32-14-19-48(50-28-31(27-49-42(55)58-30(3)4)51-22-24-60(56,57)25-23-51)21-20-46(10)33(39(32)48)12-13-37-45(9)17-16-38(44(7,8)36(45)15-18-47(37,46)11)59-41(54)35-26-34(40(52)53)43(35,5)6/h30-39,50H,1,12-28H2,2-11H3,(H,49,55)(H,52,53)/t31?,32-,33+,34-,35+,36-,37+,38-,39+,45-,46+,47+,48-/m0/s1. The van der Waals surface area contributed by atoms with Gasteiger partial charge in [-0.3, -0.25) is 14.5 Å². The monoisotopic (exact) mass is 858 g/mol. The number of aliphatic carboxylic acids is 1. The van der Waals surface area contributed by atoms with Gasteiger partial charge in [0.1, 0.15) is 6.10 Å². The normalized spacial score (nSPS) is 43.2. The smallest absolute Gasteiger partial charge is 0.407 e. The number of sulfone groups is 1. The number of ether oxygens (including phenoxy) is 2. The van der Waals surface area contributed by atoms with E-state index in [-0.39, 0.29) is 68.8 Å². The van der Waals surface area contributed by atoms with Gasteiger partial charge in [-0.25, -0.2) is 13.2 Å². The number of esters is 1. The highest BCUT2D eigenvalue weighted by molar-refractivity contribution is 7.91. The van der Waals surface area contributed by atoms with E-state index < -0.39 is 33.2 Å². The van der Waals surface area contributed by atoms with Crippen molar-refractivity contribution in [2.45, 2.75) is 164 Å². The maximum Gasteiger partial charge on any atom is 0.407 e. The van der Waals surface area contributed by atoms with Gasteiger partial charge in [0.2, 0.25) is 0 Å². The zero-order valence-electron chi connectivity index (χ0n) is 38.7. The van der Waals surface area contributed by atoms with Gasteiger partial charge in [0.05, 0.1) is 29.4 Å². The summed E-state index contributed by atoms with van der Waals surface area (Å²) in [5.74, 6) is 0.750. The topological polar surface area (TPSA) is 151 Å². The summed E-state index contributed by atoms with van der Waals surface area (Å²) in [5, 5.41) is 16.9. The summed E-state index contributed by atoms with van der Waals surface area (Å²) in [4.78, 5) is 40.4. The quantitative estimate of drug-likeness (QED) is 0.138. The molecule has 0 bridgehead atoms. The fourth-order valence-electron chi connectivity index (χ4n) is 15.8. The van der Waals surface area contributed by atoms with Crippen LogP contribution in [0.2, 0.25) is 0 Å². The summed E-state index contributed by atoms with van der Waals surface area (Å²) in [5.41, 5.74) is 0.841. The summed E-state index contributed by atoms with van der Waals surface area (Å²) in [6, 6.07) is -0.0597. The first-order valence-corrected chi connectivity index (χ1v) is 25.4. The molecular weight excluding hydrogens is 779 g/mol. The van der Waals surface area contributed by atoms with Gasteiger partial charge in [-0.05, 0) is 143 Å². The first-order chi connectivity index (χ1) is 27.8. The van der Waals surface area contributed by atoms with E-state index >= 15 is 0 Å². The number of carboxylic acid groups (broad SMARTS) is 1. The maximum atomic E-state index is 13.7. The third kappa shape index (κ3) is 7.47. The molecule has 1 amide bonds. The molecule has 0 aromatic rings. The van der Waals surface area contributed by atoms with Gasteiger partial charge in [-0.15, -0.1) is 0 Å². The molecule has 0 spiro atoms. The fraction of sp³-hybridized carbons (Fsp3) is 0.896. The van der Waals surface area contributed by atoms with Crippen molar-refractivity contribution in [1.82, 2.24) is 15.5 Å². The van der Waals surface area contributed by atoms with Crippen molar-refractivity contribution >= 4 is 27.9 Å². The van der Waals surface area contributed by atoms with Crippen molar-refractivity contribution < 1.29 is 37.4 Å². The largest absolute Gasteiger partial charge is 0.481 e. The second kappa shape index (κ2) is 15.8. The molecule has 0 radical (unpaired) electrons. The summed E-state index contributed by atoms with van der Waals surface area (Å²) in [6.45, 7) is 28.9. The van der Waals surface area contributed by atoms with Crippen molar-refractivity contribution in [2.24, 2.45) is 68.5 Å². The minimum Gasteiger partial charge on any atom is -0.481 e. The van der Waals surface area contributed by atoms with Crippen LogP contribution in [0.3, 0.4) is 0 Å². The molecule has 13 atom stereocenters. The molecule has 0 aromatic heterocycles. The van der Waals surface area contributed by atoms with Gasteiger partial charge in [-0.2, -0.15) is 0 Å². The van der Waals surface area contributed by atoms with Crippen LogP contribution in [0.5, 0.6) is 0 Å². The molecule has 0 aromatic carbocycles. The molecule has 6 saturated carbocycles. The third-order valence-corrected chi connectivity index (χ3v) is 21.1. The van der Waals surface area contributed by atoms with Crippen LogP contribution in [-0.2, 0) is 28.9 Å². The molecule has 1 aliphatic heterocycles. The number of carboxylic acids is 1. The Labute approximate surface area is 361 Å². The predicted octanol–water partition coefficient (Wildman–Crippen LogP) is 7.88. The zero-order chi connectivity index (χ0) is 44.0. The molecule has 1 heterocycles. The van der Waals surface area contributed by atoms with Gasteiger partial charge in [0.15, 0.2) is 9.84 Å². The molecule has 1 unspecified atom stereocenters. The number of amides is 1. The van der Waals surface area contributed by atoms with Crippen molar-refractivity contribution in [3.05, 3.63) is 12.2 Å². The van der Waals surface area contributed by atoms with Crippen molar-refractivity contribution in [3.8, 4) is 0 Å². The molecule has 3 N–H and O–H groups in total. The Bertz CT molecular complexity index is 1800. The fourth-order valence-corrected chi connectivity index (χ4v) is 17.0. The zero-order valence-corrected chi connectivity index (χ0v) is 39.5. The van der Waals surface area contributed by atoms with Gasteiger partial charge in [-0.1, -0.05) is 60.6 Å². The van der Waals surface area contributed by atoms with Crippen LogP contribution in [-0.4, -0.2) is 97.9 Å². The number of nitrogens with one attached hydrogen (secondary N) is 2. The van der Waals surface area contributed by atoms with E-state index in [2.05, 4.69) is 63.7 Å². The van der Waals surface area contributed by atoms with Crippen LogP contribution in [0.1, 0.15) is 140 Å². The third-order valence-electron chi connectivity index (χ3n) is 19.5. The van der Waals surface area contributed by atoms with Crippen molar-refractivity contribution in [1.29, 1.82) is 0 Å². The first kappa shape index (κ1) is 45.8. The van der Waals surface area contributed by atoms with Crippen LogP contribution in [0, 0.1) is 68.5 Å².